The minimum atomic E-state index is 0.520. The lowest BCUT2D eigenvalue weighted by Crippen LogP contribution is -2.46. The van der Waals surface area contributed by atoms with E-state index < -0.39 is 0 Å². The normalized spacial score (nSPS) is 21.6. The van der Waals surface area contributed by atoms with Crippen LogP contribution in [0.2, 0.25) is 0 Å². The van der Waals surface area contributed by atoms with Gasteiger partial charge in [-0.15, -0.1) is 0 Å². The topological polar surface area (TPSA) is 19.4 Å². The zero-order valence-electron chi connectivity index (χ0n) is 13.1. The van der Waals surface area contributed by atoms with Gasteiger partial charge in [-0.2, -0.15) is 0 Å². The van der Waals surface area contributed by atoms with Gasteiger partial charge in [-0.1, -0.05) is 19.9 Å². The van der Waals surface area contributed by atoms with E-state index in [1.807, 2.05) is 0 Å². The molecule has 0 spiro atoms. The Morgan fingerprint density at radius 1 is 1.20 bits per heavy atom. The standard InChI is InChI=1S/C17H27N3/c1-13(2)17-14(3)10-15(11-18-17)12-19-6-8-20(9-7-19)16-4-5-16/h10-11,13,16H,4-9,12H2,1-3H3. The van der Waals surface area contributed by atoms with Crippen LogP contribution < -0.4 is 0 Å². The summed E-state index contributed by atoms with van der Waals surface area (Å²) < 4.78 is 0. The van der Waals surface area contributed by atoms with Gasteiger partial charge in [0.05, 0.1) is 0 Å². The molecule has 3 nitrogen and oxygen atoms in total. The number of hydrogen-bond acceptors (Lipinski definition) is 3. The van der Waals surface area contributed by atoms with Crippen LogP contribution in [-0.2, 0) is 6.54 Å². The Morgan fingerprint density at radius 2 is 1.90 bits per heavy atom. The van der Waals surface area contributed by atoms with Crippen molar-refractivity contribution in [2.75, 3.05) is 26.2 Å². The van der Waals surface area contributed by atoms with Crippen LogP contribution in [0, 0.1) is 6.92 Å². The monoisotopic (exact) mass is 273 g/mol. The second kappa shape index (κ2) is 5.82. The summed E-state index contributed by atoms with van der Waals surface area (Å²) in [6, 6.07) is 3.25. The molecule has 1 aromatic rings. The maximum atomic E-state index is 4.66. The smallest absolute Gasteiger partial charge is 0.0458 e. The van der Waals surface area contributed by atoms with Gasteiger partial charge in [0.15, 0.2) is 0 Å². The van der Waals surface area contributed by atoms with Gasteiger partial charge in [-0.3, -0.25) is 14.8 Å². The second-order valence-electron chi connectivity index (χ2n) is 6.74. The van der Waals surface area contributed by atoms with Crippen LogP contribution in [0.4, 0.5) is 0 Å². The van der Waals surface area contributed by atoms with E-state index in [0.29, 0.717) is 5.92 Å². The Balaban J connectivity index is 1.56. The first kappa shape index (κ1) is 14.0. The van der Waals surface area contributed by atoms with E-state index in [4.69, 9.17) is 0 Å². The molecule has 0 unspecified atom stereocenters. The summed E-state index contributed by atoms with van der Waals surface area (Å²) in [4.78, 5) is 9.90. The zero-order chi connectivity index (χ0) is 14.1. The van der Waals surface area contributed by atoms with Crippen molar-refractivity contribution in [1.29, 1.82) is 0 Å². The summed E-state index contributed by atoms with van der Waals surface area (Å²) in [7, 11) is 0. The summed E-state index contributed by atoms with van der Waals surface area (Å²) in [5.74, 6) is 0.520. The summed E-state index contributed by atoms with van der Waals surface area (Å²) >= 11 is 0. The van der Waals surface area contributed by atoms with Gasteiger partial charge in [-0.05, 0) is 36.8 Å². The summed E-state index contributed by atoms with van der Waals surface area (Å²) in [6.45, 7) is 12.6. The maximum Gasteiger partial charge on any atom is 0.0458 e. The largest absolute Gasteiger partial charge is 0.298 e. The first-order valence-corrected chi connectivity index (χ1v) is 8.05. The minimum Gasteiger partial charge on any atom is -0.298 e. The molecule has 0 aromatic carbocycles. The Morgan fingerprint density at radius 3 is 2.45 bits per heavy atom. The predicted octanol–water partition coefficient (Wildman–Crippen LogP) is 2.79. The molecular weight excluding hydrogens is 246 g/mol. The highest BCUT2D eigenvalue weighted by Crippen LogP contribution is 2.27. The van der Waals surface area contributed by atoms with E-state index >= 15 is 0 Å². The number of aromatic nitrogens is 1. The number of rotatable bonds is 4. The fourth-order valence-corrected chi connectivity index (χ4v) is 3.32. The lowest BCUT2D eigenvalue weighted by atomic mass is 10.0. The Bertz CT molecular complexity index is 457. The van der Waals surface area contributed by atoms with Crippen LogP contribution in [0.25, 0.3) is 0 Å². The number of hydrogen-bond donors (Lipinski definition) is 0. The molecule has 20 heavy (non-hydrogen) atoms. The van der Waals surface area contributed by atoms with Crippen molar-refractivity contribution < 1.29 is 0 Å². The van der Waals surface area contributed by atoms with Crippen molar-refractivity contribution in [1.82, 2.24) is 14.8 Å². The quantitative estimate of drug-likeness (QED) is 0.841. The van der Waals surface area contributed by atoms with E-state index in [-0.39, 0.29) is 0 Å². The predicted molar refractivity (Wildman–Crippen MR) is 82.9 cm³/mol. The lowest BCUT2D eigenvalue weighted by Gasteiger charge is -2.34. The molecule has 1 saturated heterocycles. The molecule has 1 aliphatic carbocycles. The molecule has 0 amide bonds. The molecule has 1 aromatic heterocycles. The van der Waals surface area contributed by atoms with Crippen LogP contribution in [0.5, 0.6) is 0 Å². The van der Waals surface area contributed by atoms with Gasteiger partial charge in [0.2, 0.25) is 0 Å². The van der Waals surface area contributed by atoms with Gasteiger partial charge in [0.1, 0.15) is 0 Å². The molecule has 3 rings (SSSR count). The molecule has 1 aliphatic heterocycles. The molecule has 0 N–H and O–H groups in total. The van der Waals surface area contributed by atoms with Gasteiger partial charge in [0, 0.05) is 50.7 Å². The van der Waals surface area contributed by atoms with Crippen molar-refractivity contribution in [2.45, 2.75) is 52.1 Å². The third-order valence-electron chi connectivity index (χ3n) is 4.60. The van der Waals surface area contributed by atoms with Crippen LogP contribution in [0.1, 0.15) is 49.4 Å². The fraction of sp³-hybridized carbons (Fsp3) is 0.706. The lowest BCUT2D eigenvalue weighted by molar-refractivity contribution is 0.121. The van der Waals surface area contributed by atoms with Crippen LogP contribution in [0.3, 0.4) is 0 Å². The first-order chi connectivity index (χ1) is 9.63. The van der Waals surface area contributed by atoms with Crippen LogP contribution in [0.15, 0.2) is 12.3 Å². The van der Waals surface area contributed by atoms with Crippen molar-refractivity contribution in [2.24, 2.45) is 0 Å². The Labute approximate surface area is 123 Å². The maximum absolute atomic E-state index is 4.66. The average molecular weight is 273 g/mol. The highest BCUT2D eigenvalue weighted by atomic mass is 15.3. The average Bonchev–Trinajstić information content (AvgIpc) is 3.23. The van der Waals surface area contributed by atoms with Crippen LogP contribution in [-0.4, -0.2) is 47.0 Å². The highest BCUT2D eigenvalue weighted by Gasteiger charge is 2.31. The molecule has 0 atom stereocenters. The number of aryl methyl sites for hydroxylation is 1. The van der Waals surface area contributed by atoms with Crippen molar-refractivity contribution in [3.8, 4) is 0 Å². The second-order valence-corrected chi connectivity index (χ2v) is 6.74. The Hall–Kier alpha value is -0.930. The molecule has 110 valence electrons. The molecular formula is C17H27N3. The third kappa shape index (κ3) is 3.21. The van der Waals surface area contributed by atoms with Gasteiger partial charge >= 0.3 is 0 Å². The number of pyridine rings is 1. The third-order valence-corrected chi connectivity index (χ3v) is 4.60. The number of nitrogens with zero attached hydrogens (tertiary/aromatic N) is 3. The molecule has 2 fully saturated rings. The van der Waals surface area contributed by atoms with Crippen molar-refractivity contribution in [3.05, 3.63) is 29.1 Å². The summed E-state index contributed by atoms with van der Waals surface area (Å²) in [6.07, 6.45) is 4.94. The molecule has 0 radical (unpaired) electrons. The van der Waals surface area contributed by atoms with Gasteiger partial charge in [-0.25, -0.2) is 0 Å². The SMILES string of the molecule is Cc1cc(CN2CCN(C3CC3)CC2)cnc1C(C)C. The molecule has 2 aliphatic rings. The van der Waals surface area contributed by atoms with Gasteiger partial charge in [0.25, 0.3) is 0 Å². The van der Waals surface area contributed by atoms with E-state index in [1.165, 1.54) is 55.8 Å². The van der Waals surface area contributed by atoms with E-state index in [9.17, 15) is 0 Å². The van der Waals surface area contributed by atoms with Crippen molar-refractivity contribution >= 4 is 0 Å². The highest BCUT2D eigenvalue weighted by molar-refractivity contribution is 5.26. The van der Waals surface area contributed by atoms with E-state index in [0.717, 1.165) is 12.6 Å². The molecule has 3 heteroatoms. The number of piperazine rings is 1. The zero-order valence-corrected chi connectivity index (χ0v) is 13.1. The summed E-state index contributed by atoms with van der Waals surface area (Å²) in [5, 5.41) is 0. The van der Waals surface area contributed by atoms with Crippen molar-refractivity contribution in [3.63, 3.8) is 0 Å². The Kier molecular flexibility index (Phi) is 4.08. The van der Waals surface area contributed by atoms with E-state index in [2.05, 4.69) is 47.8 Å². The van der Waals surface area contributed by atoms with Gasteiger partial charge < -0.3 is 0 Å². The minimum absolute atomic E-state index is 0.520. The molecule has 2 heterocycles. The molecule has 0 bridgehead atoms. The fourth-order valence-electron chi connectivity index (χ4n) is 3.32. The first-order valence-electron chi connectivity index (χ1n) is 8.05. The molecule has 1 saturated carbocycles. The van der Waals surface area contributed by atoms with E-state index in [1.54, 1.807) is 0 Å². The van der Waals surface area contributed by atoms with Crippen LogP contribution >= 0.6 is 0 Å². The summed E-state index contributed by atoms with van der Waals surface area (Å²) in [5.41, 5.74) is 3.95.